The molecule has 0 unspecified atom stereocenters. The molecule has 0 aliphatic carbocycles. The number of carbonyl (C=O) groups is 2. The SMILES string of the molecule is COc1ccc(/C=N\NC(=O)CNC(=O)c2cc(Cl)ccc2Cl)c(OC)c1. The van der Waals surface area contributed by atoms with Crippen molar-refractivity contribution < 1.29 is 19.1 Å². The summed E-state index contributed by atoms with van der Waals surface area (Å²) >= 11 is 11.8. The van der Waals surface area contributed by atoms with Gasteiger partial charge >= 0.3 is 0 Å². The van der Waals surface area contributed by atoms with E-state index in [1.165, 1.54) is 25.5 Å². The van der Waals surface area contributed by atoms with E-state index < -0.39 is 11.8 Å². The molecule has 0 aliphatic rings. The van der Waals surface area contributed by atoms with Gasteiger partial charge in [0.1, 0.15) is 11.5 Å². The Morgan fingerprint density at radius 3 is 2.59 bits per heavy atom. The molecule has 9 heteroatoms. The number of hydrazone groups is 1. The lowest BCUT2D eigenvalue weighted by atomic mass is 10.2. The molecule has 0 atom stereocenters. The summed E-state index contributed by atoms with van der Waals surface area (Å²) in [5.41, 5.74) is 3.14. The summed E-state index contributed by atoms with van der Waals surface area (Å²) in [5.74, 6) is 0.148. The van der Waals surface area contributed by atoms with E-state index in [9.17, 15) is 9.59 Å². The molecule has 27 heavy (non-hydrogen) atoms. The number of carbonyl (C=O) groups excluding carboxylic acids is 2. The van der Waals surface area contributed by atoms with Crippen LogP contribution in [-0.4, -0.2) is 38.8 Å². The molecule has 0 fully saturated rings. The smallest absolute Gasteiger partial charge is 0.259 e. The Labute approximate surface area is 166 Å². The summed E-state index contributed by atoms with van der Waals surface area (Å²) in [6.07, 6.45) is 1.42. The average Bonchev–Trinajstić information content (AvgIpc) is 2.68. The van der Waals surface area contributed by atoms with Crippen molar-refractivity contribution >= 4 is 41.2 Å². The van der Waals surface area contributed by atoms with Crippen LogP contribution in [0.2, 0.25) is 10.0 Å². The highest BCUT2D eigenvalue weighted by atomic mass is 35.5. The molecule has 0 saturated heterocycles. The highest BCUT2D eigenvalue weighted by Crippen LogP contribution is 2.23. The maximum absolute atomic E-state index is 12.1. The van der Waals surface area contributed by atoms with Crippen molar-refractivity contribution in [3.05, 3.63) is 57.6 Å². The molecular formula is C18H17Cl2N3O4. The van der Waals surface area contributed by atoms with Gasteiger partial charge in [0.25, 0.3) is 11.8 Å². The monoisotopic (exact) mass is 409 g/mol. The zero-order chi connectivity index (χ0) is 19.8. The highest BCUT2D eigenvalue weighted by Gasteiger charge is 2.12. The lowest BCUT2D eigenvalue weighted by molar-refractivity contribution is -0.120. The van der Waals surface area contributed by atoms with Crippen LogP contribution in [0.5, 0.6) is 11.5 Å². The van der Waals surface area contributed by atoms with Gasteiger partial charge in [-0.3, -0.25) is 9.59 Å². The van der Waals surface area contributed by atoms with Crippen molar-refractivity contribution in [3.63, 3.8) is 0 Å². The van der Waals surface area contributed by atoms with Gasteiger partial charge in [-0.25, -0.2) is 5.43 Å². The molecule has 0 heterocycles. The van der Waals surface area contributed by atoms with E-state index in [0.29, 0.717) is 22.1 Å². The fourth-order valence-electron chi connectivity index (χ4n) is 2.07. The molecule has 0 radical (unpaired) electrons. The fraction of sp³-hybridized carbons (Fsp3) is 0.167. The molecule has 2 aromatic rings. The number of rotatable bonds is 7. The molecule has 142 valence electrons. The van der Waals surface area contributed by atoms with Crippen LogP contribution >= 0.6 is 23.2 Å². The number of amides is 2. The first kappa shape index (κ1) is 20.5. The maximum atomic E-state index is 12.1. The number of halogens is 2. The van der Waals surface area contributed by atoms with E-state index >= 15 is 0 Å². The first-order valence-electron chi connectivity index (χ1n) is 7.71. The van der Waals surface area contributed by atoms with E-state index in [4.69, 9.17) is 32.7 Å². The summed E-state index contributed by atoms with van der Waals surface area (Å²) in [6, 6.07) is 9.65. The van der Waals surface area contributed by atoms with Gasteiger partial charge in [-0.15, -0.1) is 0 Å². The molecule has 2 N–H and O–H groups in total. The highest BCUT2D eigenvalue weighted by molar-refractivity contribution is 6.35. The predicted molar refractivity (Wildman–Crippen MR) is 104 cm³/mol. The molecule has 0 saturated carbocycles. The first-order valence-corrected chi connectivity index (χ1v) is 8.47. The summed E-state index contributed by atoms with van der Waals surface area (Å²) in [4.78, 5) is 23.9. The minimum atomic E-state index is -0.515. The second-order valence-corrected chi connectivity index (χ2v) is 6.05. The Morgan fingerprint density at radius 2 is 1.89 bits per heavy atom. The van der Waals surface area contributed by atoms with Gasteiger partial charge in [0, 0.05) is 16.7 Å². The number of methoxy groups -OCH3 is 2. The number of nitrogens with zero attached hydrogens (tertiary/aromatic N) is 1. The average molecular weight is 410 g/mol. The standard InChI is InChI=1S/C18H17Cl2N3O4/c1-26-13-5-3-11(16(8-13)27-2)9-22-23-17(24)10-21-18(25)14-7-12(19)4-6-15(14)20/h3-9H,10H2,1-2H3,(H,21,25)(H,23,24)/b22-9-. The minimum Gasteiger partial charge on any atom is -0.497 e. The van der Waals surface area contributed by atoms with E-state index in [-0.39, 0.29) is 17.1 Å². The molecule has 2 rings (SSSR count). The molecule has 0 spiro atoms. The largest absolute Gasteiger partial charge is 0.497 e. The Balaban J connectivity index is 1.90. The zero-order valence-corrected chi connectivity index (χ0v) is 16.1. The quantitative estimate of drug-likeness (QED) is 0.543. The van der Waals surface area contributed by atoms with Crippen LogP contribution in [0.25, 0.3) is 0 Å². The summed E-state index contributed by atoms with van der Waals surface area (Å²) < 4.78 is 10.3. The summed E-state index contributed by atoms with van der Waals surface area (Å²) in [5, 5.41) is 6.89. The van der Waals surface area contributed by atoms with Crippen molar-refractivity contribution in [2.24, 2.45) is 5.10 Å². The van der Waals surface area contributed by atoms with Crippen molar-refractivity contribution in [1.29, 1.82) is 0 Å². The van der Waals surface area contributed by atoms with Crippen LogP contribution < -0.4 is 20.2 Å². The second-order valence-electron chi connectivity index (χ2n) is 5.21. The molecule has 2 amide bonds. The Hall–Kier alpha value is -2.77. The van der Waals surface area contributed by atoms with E-state index in [0.717, 1.165) is 0 Å². The molecule has 0 aliphatic heterocycles. The lowest BCUT2D eigenvalue weighted by Crippen LogP contribution is -2.35. The van der Waals surface area contributed by atoms with Crippen molar-refractivity contribution in [3.8, 4) is 11.5 Å². The number of ether oxygens (including phenoxy) is 2. The third-order valence-corrected chi connectivity index (χ3v) is 3.98. The third kappa shape index (κ3) is 5.87. The Kier molecular flexibility index (Phi) is 7.45. The van der Waals surface area contributed by atoms with E-state index in [2.05, 4.69) is 15.8 Å². The van der Waals surface area contributed by atoms with Gasteiger partial charge in [0.05, 0.1) is 37.6 Å². The number of benzene rings is 2. The number of nitrogens with one attached hydrogen (secondary N) is 2. The van der Waals surface area contributed by atoms with Gasteiger partial charge in [0.15, 0.2) is 0 Å². The van der Waals surface area contributed by atoms with Crippen LogP contribution in [-0.2, 0) is 4.79 Å². The molecular weight excluding hydrogens is 393 g/mol. The third-order valence-electron chi connectivity index (χ3n) is 3.42. The van der Waals surface area contributed by atoms with E-state index in [1.807, 2.05) is 0 Å². The van der Waals surface area contributed by atoms with Gasteiger partial charge in [-0.2, -0.15) is 5.10 Å². The first-order chi connectivity index (χ1) is 12.9. The fourth-order valence-corrected chi connectivity index (χ4v) is 2.44. The number of hydrogen-bond donors (Lipinski definition) is 2. The van der Waals surface area contributed by atoms with Crippen molar-refractivity contribution in [2.75, 3.05) is 20.8 Å². The second kappa shape index (κ2) is 9.80. The van der Waals surface area contributed by atoms with Gasteiger partial charge in [0.2, 0.25) is 0 Å². The summed E-state index contributed by atoms with van der Waals surface area (Å²) in [7, 11) is 3.06. The van der Waals surface area contributed by atoms with Gasteiger partial charge in [-0.1, -0.05) is 23.2 Å². The maximum Gasteiger partial charge on any atom is 0.259 e. The molecule has 7 nitrogen and oxygen atoms in total. The normalized spacial score (nSPS) is 10.5. The molecule has 0 bridgehead atoms. The van der Waals surface area contributed by atoms with Crippen molar-refractivity contribution in [1.82, 2.24) is 10.7 Å². The molecule has 2 aromatic carbocycles. The lowest BCUT2D eigenvalue weighted by Gasteiger charge is -2.07. The minimum absolute atomic E-state index is 0.184. The van der Waals surface area contributed by atoms with Crippen LogP contribution in [0, 0.1) is 0 Å². The number of hydrogen-bond acceptors (Lipinski definition) is 5. The van der Waals surface area contributed by atoms with E-state index in [1.54, 1.807) is 31.4 Å². The zero-order valence-electron chi connectivity index (χ0n) is 14.6. The van der Waals surface area contributed by atoms with Crippen LogP contribution in [0.15, 0.2) is 41.5 Å². The molecule has 0 aromatic heterocycles. The predicted octanol–water partition coefficient (Wildman–Crippen LogP) is 2.89. The van der Waals surface area contributed by atoms with Crippen LogP contribution in [0.3, 0.4) is 0 Å². The van der Waals surface area contributed by atoms with Crippen LogP contribution in [0.4, 0.5) is 0 Å². The van der Waals surface area contributed by atoms with Crippen LogP contribution in [0.1, 0.15) is 15.9 Å². The van der Waals surface area contributed by atoms with Gasteiger partial charge in [-0.05, 0) is 30.3 Å². The Morgan fingerprint density at radius 1 is 1.11 bits per heavy atom. The summed E-state index contributed by atoms with van der Waals surface area (Å²) in [6.45, 7) is -0.279. The Bertz CT molecular complexity index is 872. The topological polar surface area (TPSA) is 89.0 Å². The van der Waals surface area contributed by atoms with Gasteiger partial charge < -0.3 is 14.8 Å². The van der Waals surface area contributed by atoms with Crippen molar-refractivity contribution in [2.45, 2.75) is 0 Å².